The van der Waals surface area contributed by atoms with Crippen molar-refractivity contribution in [3.63, 3.8) is 0 Å². The van der Waals surface area contributed by atoms with Crippen LogP contribution in [0.4, 0.5) is 0 Å². The number of hydrogen-bond acceptors (Lipinski definition) is 3. The zero-order chi connectivity index (χ0) is 16.4. The van der Waals surface area contributed by atoms with Gasteiger partial charge in [0.1, 0.15) is 0 Å². The highest BCUT2D eigenvalue weighted by Gasteiger charge is 2.14. The molecule has 0 saturated heterocycles. The summed E-state index contributed by atoms with van der Waals surface area (Å²) in [6, 6.07) is 12.4. The summed E-state index contributed by atoms with van der Waals surface area (Å²) < 4.78 is 4.22. The number of benzene rings is 2. The van der Waals surface area contributed by atoms with E-state index in [1.54, 1.807) is 0 Å². The zero-order valence-electron chi connectivity index (χ0n) is 12.5. The van der Waals surface area contributed by atoms with Gasteiger partial charge < -0.3 is 20.1 Å². The number of aromatic nitrogens is 1. The van der Waals surface area contributed by atoms with E-state index in [1.807, 2.05) is 12.1 Å². The van der Waals surface area contributed by atoms with E-state index >= 15 is 0 Å². The third kappa shape index (κ3) is 3.61. The van der Waals surface area contributed by atoms with E-state index in [-0.39, 0.29) is 6.61 Å². The van der Waals surface area contributed by atoms with Gasteiger partial charge in [0.15, 0.2) is 0 Å². The van der Waals surface area contributed by atoms with Crippen LogP contribution in [-0.4, -0.2) is 40.6 Å². The van der Waals surface area contributed by atoms with E-state index in [0.717, 1.165) is 30.8 Å². The van der Waals surface area contributed by atoms with Gasteiger partial charge >= 0.3 is 0 Å². The maximum absolute atomic E-state index is 10.3. The Morgan fingerprint density at radius 2 is 1.57 bits per heavy atom. The largest absolute Gasteiger partial charge is 0.395 e. The van der Waals surface area contributed by atoms with Crippen LogP contribution in [0, 0.1) is 0 Å². The molecule has 6 heteroatoms. The molecular formula is C17H18Br2N2O2. The molecule has 2 aromatic carbocycles. The van der Waals surface area contributed by atoms with Crippen molar-refractivity contribution < 1.29 is 10.2 Å². The first-order valence-corrected chi connectivity index (χ1v) is 9.05. The quantitative estimate of drug-likeness (QED) is 0.514. The van der Waals surface area contributed by atoms with Crippen LogP contribution in [0.1, 0.15) is 0 Å². The molecule has 3 rings (SSSR count). The highest BCUT2D eigenvalue weighted by Crippen LogP contribution is 2.33. The van der Waals surface area contributed by atoms with Gasteiger partial charge in [0.25, 0.3) is 0 Å². The van der Waals surface area contributed by atoms with E-state index in [9.17, 15) is 5.11 Å². The molecule has 3 N–H and O–H groups in total. The molecule has 0 saturated carbocycles. The fourth-order valence-corrected chi connectivity index (χ4v) is 3.59. The van der Waals surface area contributed by atoms with Gasteiger partial charge in [-0.15, -0.1) is 0 Å². The number of hydrogen-bond donors (Lipinski definition) is 3. The van der Waals surface area contributed by atoms with Gasteiger partial charge in [-0.05, 0) is 36.4 Å². The molecule has 0 radical (unpaired) electrons. The van der Waals surface area contributed by atoms with Crippen molar-refractivity contribution in [3.05, 3.63) is 45.3 Å². The standard InChI is InChI=1S/C17H18Br2N2O2/c18-11-1-3-16-14(7-11)15-8-12(19)2-4-17(15)21(16)10-13(23)9-20-5-6-22/h1-4,7-8,13,20,22-23H,5-6,9-10H2/t13-/m1/s1. The molecule has 0 aliphatic carbocycles. The molecule has 0 aliphatic heterocycles. The van der Waals surface area contributed by atoms with Crippen molar-refractivity contribution in [1.82, 2.24) is 9.88 Å². The van der Waals surface area contributed by atoms with Crippen LogP contribution in [0.5, 0.6) is 0 Å². The van der Waals surface area contributed by atoms with Gasteiger partial charge in [0.05, 0.1) is 19.3 Å². The summed E-state index contributed by atoms with van der Waals surface area (Å²) in [6.07, 6.45) is -0.521. The second-order valence-corrected chi connectivity index (χ2v) is 7.35. The minimum Gasteiger partial charge on any atom is -0.395 e. The summed E-state index contributed by atoms with van der Waals surface area (Å²) in [6.45, 7) is 1.52. The molecule has 1 heterocycles. The van der Waals surface area contributed by atoms with Crippen LogP contribution < -0.4 is 5.32 Å². The molecule has 0 bridgehead atoms. The predicted molar refractivity (Wildman–Crippen MR) is 101 cm³/mol. The number of nitrogens with zero attached hydrogens (tertiary/aromatic N) is 1. The molecule has 122 valence electrons. The lowest BCUT2D eigenvalue weighted by Gasteiger charge is -2.14. The lowest BCUT2D eigenvalue weighted by atomic mass is 10.2. The summed E-state index contributed by atoms with van der Waals surface area (Å²) in [5.74, 6) is 0. The number of halogens is 2. The molecule has 0 unspecified atom stereocenters. The minimum absolute atomic E-state index is 0.0736. The van der Waals surface area contributed by atoms with Crippen molar-refractivity contribution in [1.29, 1.82) is 0 Å². The van der Waals surface area contributed by atoms with Crippen molar-refractivity contribution in [3.8, 4) is 0 Å². The minimum atomic E-state index is -0.521. The number of rotatable bonds is 6. The van der Waals surface area contributed by atoms with Gasteiger partial charge in [-0.2, -0.15) is 0 Å². The topological polar surface area (TPSA) is 57.4 Å². The lowest BCUT2D eigenvalue weighted by molar-refractivity contribution is 0.151. The zero-order valence-corrected chi connectivity index (χ0v) is 15.6. The van der Waals surface area contributed by atoms with Crippen LogP contribution in [-0.2, 0) is 6.54 Å². The Bertz CT molecular complexity index is 773. The van der Waals surface area contributed by atoms with Crippen LogP contribution in [0.3, 0.4) is 0 Å². The fraction of sp³-hybridized carbons (Fsp3) is 0.294. The van der Waals surface area contributed by atoms with Gasteiger partial charge in [-0.1, -0.05) is 31.9 Å². The summed E-state index contributed by atoms with van der Waals surface area (Å²) in [5.41, 5.74) is 2.20. The normalized spacial score (nSPS) is 13.0. The molecule has 0 amide bonds. The Balaban J connectivity index is 2.03. The number of aliphatic hydroxyl groups is 2. The molecule has 0 spiro atoms. The predicted octanol–water partition coefficient (Wildman–Crippen LogP) is 3.26. The molecule has 4 nitrogen and oxygen atoms in total. The van der Waals surface area contributed by atoms with E-state index in [2.05, 4.69) is 66.0 Å². The van der Waals surface area contributed by atoms with Crippen LogP contribution >= 0.6 is 31.9 Å². The molecule has 0 fully saturated rings. The summed E-state index contributed by atoms with van der Waals surface area (Å²) in [4.78, 5) is 0. The van der Waals surface area contributed by atoms with E-state index in [1.165, 1.54) is 0 Å². The highest BCUT2D eigenvalue weighted by atomic mass is 79.9. The Morgan fingerprint density at radius 3 is 2.09 bits per heavy atom. The van der Waals surface area contributed by atoms with Gasteiger partial charge in [-0.3, -0.25) is 0 Å². The second kappa shape index (κ2) is 7.32. The molecule has 3 aromatic rings. The van der Waals surface area contributed by atoms with Crippen LogP contribution in [0.2, 0.25) is 0 Å². The summed E-state index contributed by atoms with van der Waals surface area (Å²) in [7, 11) is 0. The monoisotopic (exact) mass is 440 g/mol. The van der Waals surface area contributed by atoms with Gasteiger partial charge in [0, 0.05) is 43.8 Å². The van der Waals surface area contributed by atoms with Gasteiger partial charge in [-0.25, -0.2) is 0 Å². The molecule has 1 atom stereocenters. The number of fused-ring (bicyclic) bond motifs is 3. The average Bonchev–Trinajstić information content (AvgIpc) is 2.80. The lowest BCUT2D eigenvalue weighted by Crippen LogP contribution is -2.31. The van der Waals surface area contributed by atoms with E-state index < -0.39 is 6.10 Å². The summed E-state index contributed by atoms with van der Waals surface area (Å²) in [5, 5.41) is 24.5. The first-order valence-electron chi connectivity index (χ1n) is 7.47. The highest BCUT2D eigenvalue weighted by molar-refractivity contribution is 9.10. The number of nitrogens with one attached hydrogen (secondary N) is 1. The maximum atomic E-state index is 10.3. The van der Waals surface area contributed by atoms with Crippen LogP contribution in [0.15, 0.2) is 45.3 Å². The van der Waals surface area contributed by atoms with Crippen LogP contribution in [0.25, 0.3) is 21.8 Å². The van der Waals surface area contributed by atoms with Crippen molar-refractivity contribution in [2.24, 2.45) is 0 Å². The Morgan fingerprint density at radius 1 is 1.00 bits per heavy atom. The molecule has 0 aliphatic rings. The third-order valence-corrected chi connectivity index (χ3v) is 4.84. The first-order chi connectivity index (χ1) is 11.1. The fourth-order valence-electron chi connectivity index (χ4n) is 2.87. The first kappa shape index (κ1) is 16.9. The number of aliphatic hydroxyl groups excluding tert-OH is 2. The van der Waals surface area contributed by atoms with Crippen molar-refractivity contribution >= 4 is 53.7 Å². The molecular weight excluding hydrogens is 424 g/mol. The Kier molecular flexibility index (Phi) is 5.38. The van der Waals surface area contributed by atoms with E-state index in [4.69, 9.17) is 5.11 Å². The smallest absolute Gasteiger partial charge is 0.0843 e. The Labute approximate surface area is 151 Å². The third-order valence-electron chi connectivity index (χ3n) is 3.85. The average molecular weight is 442 g/mol. The maximum Gasteiger partial charge on any atom is 0.0843 e. The summed E-state index contributed by atoms with van der Waals surface area (Å²) >= 11 is 7.07. The SMILES string of the molecule is OCCNC[C@@H](O)Cn1c2ccc(Br)cc2c2cc(Br)ccc21. The van der Waals surface area contributed by atoms with E-state index in [0.29, 0.717) is 19.6 Å². The van der Waals surface area contributed by atoms with Gasteiger partial charge in [0.2, 0.25) is 0 Å². The second-order valence-electron chi connectivity index (χ2n) is 5.52. The molecule has 23 heavy (non-hydrogen) atoms. The Hall–Kier alpha value is -0.920. The van der Waals surface area contributed by atoms with Crippen molar-refractivity contribution in [2.45, 2.75) is 12.6 Å². The van der Waals surface area contributed by atoms with Crippen molar-refractivity contribution in [2.75, 3.05) is 19.7 Å². The molecule has 1 aromatic heterocycles.